The van der Waals surface area contributed by atoms with Crippen molar-refractivity contribution in [3.8, 4) is 11.4 Å². The maximum Gasteiger partial charge on any atom is 0.0888 e. The SMILES string of the molecule is CCCCc1ccnc(-c2cc(CCCC)ccn2)c1.[Cu]. The van der Waals surface area contributed by atoms with Gasteiger partial charge in [0.1, 0.15) is 0 Å². The van der Waals surface area contributed by atoms with Crippen LogP contribution in [0.4, 0.5) is 0 Å². The molecule has 0 amide bonds. The zero-order chi connectivity index (χ0) is 14.2. The summed E-state index contributed by atoms with van der Waals surface area (Å²) in [4.78, 5) is 8.95. The van der Waals surface area contributed by atoms with Crippen molar-refractivity contribution in [3.63, 3.8) is 0 Å². The normalized spacial score (nSPS) is 10.2. The molecule has 3 heteroatoms. The van der Waals surface area contributed by atoms with Gasteiger partial charge in [0.25, 0.3) is 0 Å². The van der Waals surface area contributed by atoms with E-state index >= 15 is 0 Å². The molecule has 0 aliphatic rings. The first-order chi connectivity index (χ1) is 9.83. The number of hydrogen-bond donors (Lipinski definition) is 0. The number of unbranched alkanes of at least 4 members (excludes halogenated alkanes) is 2. The van der Waals surface area contributed by atoms with E-state index < -0.39 is 0 Å². The van der Waals surface area contributed by atoms with E-state index in [2.05, 4.69) is 48.1 Å². The molecule has 1 radical (unpaired) electrons. The molecular formula is C18H24CuN2. The van der Waals surface area contributed by atoms with Crippen LogP contribution < -0.4 is 0 Å². The van der Waals surface area contributed by atoms with E-state index in [0.717, 1.165) is 24.2 Å². The summed E-state index contributed by atoms with van der Waals surface area (Å²) < 4.78 is 0. The van der Waals surface area contributed by atoms with Crippen molar-refractivity contribution < 1.29 is 17.1 Å². The maximum absolute atomic E-state index is 4.48. The molecule has 117 valence electrons. The summed E-state index contributed by atoms with van der Waals surface area (Å²) in [5, 5.41) is 0. The first-order valence-corrected chi connectivity index (χ1v) is 7.73. The minimum atomic E-state index is 0. The number of aryl methyl sites for hydroxylation is 2. The summed E-state index contributed by atoms with van der Waals surface area (Å²) in [6, 6.07) is 8.59. The molecule has 0 aliphatic carbocycles. The molecule has 0 atom stereocenters. The summed E-state index contributed by atoms with van der Waals surface area (Å²) in [7, 11) is 0. The Hall–Kier alpha value is -1.18. The molecule has 2 rings (SSSR count). The fourth-order valence-corrected chi connectivity index (χ4v) is 2.30. The van der Waals surface area contributed by atoms with Gasteiger partial charge in [-0.05, 0) is 61.1 Å². The Morgan fingerprint density at radius 1 is 0.762 bits per heavy atom. The monoisotopic (exact) mass is 331 g/mol. The van der Waals surface area contributed by atoms with Gasteiger partial charge < -0.3 is 0 Å². The summed E-state index contributed by atoms with van der Waals surface area (Å²) >= 11 is 0. The molecule has 0 spiro atoms. The molecule has 21 heavy (non-hydrogen) atoms. The third kappa shape index (κ3) is 5.61. The van der Waals surface area contributed by atoms with Crippen LogP contribution in [0.5, 0.6) is 0 Å². The summed E-state index contributed by atoms with van der Waals surface area (Å²) in [5.74, 6) is 0. The number of rotatable bonds is 7. The van der Waals surface area contributed by atoms with Crippen LogP contribution in [0.15, 0.2) is 36.7 Å². The number of hydrogen-bond acceptors (Lipinski definition) is 2. The topological polar surface area (TPSA) is 25.8 Å². The van der Waals surface area contributed by atoms with Gasteiger partial charge in [0.15, 0.2) is 0 Å². The van der Waals surface area contributed by atoms with Crippen molar-refractivity contribution in [2.45, 2.75) is 52.4 Å². The minimum Gasteiger partial charge on any atom is -0.255 e. The Labute approximate surface area is 138 Å². The molecule has 0 aromatic carbocycles. The van der Waals surface area contributed by atoms with Gasteiger partial charge in [-0.1, -0.05) is 26.7 Å². The standard InChI is InChI=1S/C18H24N2.Cu/c1-3-5-7-15-9-11-19-17(13-15)18-14-16(8-6-4-2)10-12-20-18;/h9-14H,3-8H2,1-2H3;. The Kier molecular flexibility index (Phi) is 8.25. The summed E-state index contributed by atoms with van der Waals surface area (Å²) in [6.07, 6.45) is 11.0. The van der Waals surface area contributed by atoms with Crippen molar-refractivity contribution >= 4 is 0 Å². The second-order valence-corrected chi connectivity index (χ2v) is 5.31. The maximum atomic E-state index is 4.48. The first-order valence-electron chi connectivity index (χ1n) is 7.73. The van der Waals surface area contributed by atoms with E-state index in [0.29, 0.717) is 0 Å². The second-order valence-electron chi connectivity index (χ2n) is 5.31. The van der Waals surface area contributed by atoms with Crippen LogP contribution in [0, 0.1) is 0 Å². The van der Waals surface area contributed by atoms with Gasteiger partial charge in [0.2, 0.25) is 0 Å². The third-order valence-electron chi connectivity index (χ3n) is 3.55. The fraction of sp³-hybridized carbons (Fsp3) is 0.444. The van der Waals surface area contributed by atoms with Crippen LogP contribution >= 0.6 is 0 Å². The molecule has 0 N–H and O–H groups in total. The molecule has 2 heterocycles. The minimum absolute atomic E-state index is 0. The van der Waals surface area contributed by atoms with E-state index in [-0.39, 0.29) is 17.1 Å². The molecule has 0 fully saturated rings. The van der Waals surface area contributed by atoms with Crippen molar-refractivity contribution in [1.29, 1.82) is 0 Å². The van der Waals surface area contributed by atoms with Gasteiger partial charge >= 0.3 is 0 Å². The summed E-state index contributed by atoms with van der Waals surface area (Å²) in [5.41, 5.74) is 4.71. The second kappa shape index (κ2) is 9.70. The molecular weight excluding hydrogens is 308 g/mol. The van der Waals surface area contributed by atoms with Crippen LogP contribution in [0.3, 0.4) is 0 Å². The van der Waals surface area contributed by atoms with Crippen LogP contribution in [-0.4, -0.2) is 9.97 Å². The van der Waals surface area contributed by atoms with E-state index in [4.69, 9.17) is 0 Å². The number of aromatic nitrogens is 2. The van der Waals surface area contributed by atoms with Gasteiger partial charge in [0, 0.05) is 29.5 Å². The van der Waals surface area contributed by atoms with Crippen molar-refractivity contribution in [1.82, 2.24) is 9.97 Å². The van der Waals surface area contributed by atoms with Crippen molar-refractivity contribution in [3.05, 3.63) is 47.8 Å². The van der Waals surface area contributed by atoms with Gasteiger partial charge in [-0.15, -0.1) is 0 Å². The van der Waals surface area contributed by atoms with E-state index in [1.165, 1.54) is 36.8 Å². The van der Waals surface area contributed by atoms with Crippen LogP contribution in [0.2, 0.25) is 0 Å². The Bertz CT molecular complexity index is 491. The Morgan fingerprint density at radius 3 is 1.57 bits per heavy atom. The van der Waals surface area contributed by atoms with E-state index in [1.54, 1.807) is 0 Å². The Morgan fingerprint density at radius 2 is 1.19 bits per heavy atom. The molecule has 0 bridgehead atoms. The van der Waals surface area contributed by atoms with Gasteiger partial charge in [0.05, 0.1) is 11.4 Å². The van der Waals surface area contributed by atoms with Crippen molar-refractivity contribution in [2.24, 2.45) is 0 Å². The molecule has 0 saturated heterocycles. The zero-order valence-corrected chi connectivity index (χ0v) is 13.8. The third-order valence-corrected chi connectivity index (χ3v) is 3.55. The van der Waals surface area contributed by atoms with Gasteiger partial charge in [-0.3, -0.25) is 9.97 Å². The predicted octanol–water partition coefficient (Wildman–Crippen LogP) is 4.83. The molecule has 2 nitrogen and oxygen atoms in total. The molecule has 2 aromatic rings. The molecule has 0 aliphatic heterocycles. The average molecular weight is 332 g/mol. The molecule has 2 aromatic heterocycles. The smallest absolute Gasteiger partial charge is 0.0888 e. The van der Waals surface area contributed by atoms with Gasteiger partial charge in [-0.25, -0.2) is 0 Å². The predicted molar refractivity (Wildman–Crippen MR) is 84.7 cm³/mol. The number of pyridine rings is 2. The first kappa shape index (κ1) is 17.9. The van der Waals surface area contributed by atoms with Crippen LogP contribution in [-0.2, 0) is 29.9 Å². The van der Waals surface area contributed by atoms with Crippen molar-refractivity contribution in [2.75, 3.05) is 0 Å². The molecule has 0 unspecified atom stereocenters. The number of nitrogens with zero attached hydrogens (tertiary/aromatic N) is 2. The average Bonchev–Trinajstić information content (AvgIpc) is 2.51. The quantitative estimate of drug-likeness (QED) is 0.679. The van der Waals surface area contributed by atoms with Crippen LogP contribution in [0.1, 0.15) is 50.7 Å². The fourth-order valence-electron chi connectivity index (χ4n) is 2.30. The molecule has 0 saturated carbocycles. The van der Waals surface area contributed by atoms with E-state index in [1.807, 2.05) is 12.4 Å². The summed E-state index contributed by atoms with van der Waals surface area (Å²) in [6.45, 7) is 4.45. The zero-order valence-electron chi connectivity index (χ0n) is 12.9. The van der Waals surface area contributed by atoms with Crippen LogP contribution in [0.25, 0.3) is 11.4 Å². The van der Waals surface area contributed by atoms with Gasteiger partial charge in [-0.2, -0.15) is 0 Å². The van der Waals surface area contributed by atoms with E-state index in [9.17, 15) is 0 Å². The largest absolute Gasteiger partial charge is 0.255 e. The Balaban J connectivity index is 0.00000220.